The summed E-state index contributed by atoms with van der Waals surface area (Å²) >= 11 is 0. The molecule has 0 saturated heterocycles. The number of carbonyl (C=O) groups excluding carboxylic acids is 1. The molecule has 0 aliphatic heterocycles. The molecule has 1 amide bonds. The van der Waals surface area contributed by atoms with E-state index in [0.29, 0.717) is 30.9 Å². The fourth-order valence-corrected chi connectivity index (χ4v) is 4.62. The number of aromatic nitrogens is 3. The molecule has 0 bridgehead atoms. The summed E-state index contributed by atoms with van der Waals surface area (Å²) in [5.74, 6) is 1.94. The molecule has 1 aromatic carbocycles. The molecule has 2 saturated carbocycles. The molecule has 3 aromatic rings. The van der Waals surface area contributed by atoms with Crippen molar-refractivity contribution in [1.82, 2.24) is 25.3 Å². The number of hydrogen-bond donors (Lipinski definition) is 2. The van der Waals surface area contributed by atoms with Gasteiger partial charge in [-0.3, -0.25) is 4.79 Å². The number of fused-ring (bicyclic) bond motifs is 1. The Morgan fingerprint density at radius 2 is 2.13 bits per heavy atom. The van der Waals surface area contributed by atoms with Gasteiger partial charge in [0.15, 0.2) is 11.6 Å². The van der Waals surface area contributed by atoms with Gasteiger partial charge < -0.3 is 19.7 Å². The summed E-state index contributed by atoms with van der Waals surface area (Å²) in [7, 11) is 0. The maximum absolute atomic E-state index is 13.2. The number of nitrogens with one attached hydrogen (secondary N) is 2. The van der Waals surface area contributed by atoms with Crippen LogP contribution in [0.2, 0.25) is 0 Å². The number of H-pyrrole nitrogens is 1. The number of para-hydroxylation sites is 2. The van der Waals surface area contributed by atoms with Crippen LogP contribution >= 0.6 is 0 Å². The van der Waals surface area contributed by atoms with Gasteiger partial charge in [0, 0.05) is 30.6 Å². The molecule has 2 aliphatic carbocycles. The van der Waals surface area contributed by atoms with Crippen LogP contribution in [-0.4, -0.2) is 44.6 Å². The largest absolute Gasteiger partial charge is 0.360 e. The maximum Gasteiger partial charge on any atom is 0.289 e. The van der Waals surface area contributed by atoms with E-state index >= 15 is 0 Å². The Kier molecular flexibility index (Phi) is 5.29. The first kappa shape index (κ1) is 19.3. The molecule has 2 atom stereocenters. The van der Waals surface area contributed by atoms with E-state index in [2.05, 4.69) is 26.5 Å². The van der Waals surface area contributed by atoms with E-state index in [9.17, 15) is 4.79 Å². The Morgan fingerprint density at radius 1 is 1.27 bits per heavy atom. The number of rotatable bonds is 7. The summed E-state index contributed by atoms with van der Waals surface area (Å²) in [6.07, 6.45) is 6.67. The van der Waals surface area contributed by atoms with Crippen molar-refractivity contribution in [3.8, 4) is 0 Å². The standard InChI is InChI=1S/C23H29N5O2/c1-2-28(23(29)22-25-19-8-3-4-9-20(19)26-22)17-7-5-6-16(12-17)24-14-18-13-21(27-30-18)15-10-11-15/h3-4,8-9,13,15-17,24H,2,5-7,10-12,14H2,1H3,(H,25,26)/t16-,17+/m1/s1. The third-order valence-corrected chi connectivity index (χ3v) is 6.42. The first-order valence-corrected chi connectivity index (χ1v) is 11.2. The van der Waals surface area contributed by atoms with E-state index in [1.807, 2.05) is 36.1 Å². The van der Waals surface area contributed by atoms with Crippen molar-refractivity contribution >= 4 is 16.9 Å². The van der Waals surface area contributed by atoms with Crippen molar-refractivity contribution in [2.45, 2.75) is 70.0 Å². The van der Waals surface area contributed by atoms with Crippen molar-refractivity contribution in [2.75, 3.05) is 6.54 Å². The summed E-state index contributed by atoms with van der Waals surface area (Å²) in [5.41, 5.74) is 2.83. The van der Waals surface area contributed by atoms with Gasteiger partial charge in [-0.05, 0) is 57.6 Å². The van der Waals surface area contributed by atoms with E-state index in [1.165, 1.54) is 12.8 Å². The highest BCUT2D eigenvalue weighted by molar-refractivity contribution is 5.94. The highest BCUT2D eigenvalue weighted by Gasteiger charge is 2.31. The monoisotopic (exact) mass is 407 g/mol. The molecule has 5 rings (SSSR count). The molecule has 30 heavy (non-hydrogen) atoms. The average Bonchev–Trinajstić information content (AvgIpc) is 3.35. The van der Waals surface area contributed by atoms with E-state index in [-0.39, 0.29) is 11.9 Å². The second kappa shape index (κ2) is 8.22. The van der Waals surface area contributed by atoms with Crippen molar-refractivity contribution in [2.24, 2.45) is 0 Å². The highest BCUT2D eigenvalue weighted by Crippen LogP contribution is 2.39. The third-order valence-electron chi connectivity index (χ3n) is 6.42. The first-order chi connectivity index (χ1) is 14.7. The molecule has 0 radical (unpaired) electrons. The van der Waals surface area contributed by atoms with Crippen molar-refractivity contribution < 1.29 is 9.32 Å². The average molecular weight is 408 g/mol. The fraction of sp³-hybridized carbons (Fsp3) is 0.522. The minimum absolute atomic E-state index is 0.0105. The van der Waals surface area contributed by atoms with Crippen molar-refractivity contribution in [3.05, 3.63) is 47.6 Å². The van der Waals surface area contributed by atoms with E-state index in [0.717, 1.165) is 48.2 Å². The number of carbonyl (C=O) groups is 1. The van der Waals surface area contributed by atoms with Gasteiger partial charge in [-0.1, -0.05) is 17.3 Å². The van der Waals surface area contributed by atoms with Gasteiger partial charge in [0.1, 0.15) is 0 Å². The summed E-state index contributed by atoms with van der Waals surface area (Å²) in [5, 5.41) is 7.82. The zero-order valence-corrected chi connectivity index (χ0v) is 17.4. The van der Waals surface area contributed by atoms with Gasteiger partial charge in [-0.25, -0.2) is 4.98 Å². The van der Waals surface area contributed by atoms with Crippen molar-refractivity contribution in [1.29, 1.82) is 0 Å². The molecule has 2 fully saturated rings. The Bertz CT molecular complexity index is 988. The molecular weight excluding hydrogens is 378 g/mol. The van der Waals surface area contributed by atoms with Crippen LogP contribution in [0.3, 0.4) is 0 Å². The lowest BCUT2D eigenvalue weighted by molar-refractivity contribution is 0.0616. The maximum atomic E-state index is 13.2. The predicted molar refractivity (Wildman–Crippen MR) is 114 cm³/mol. The Balaban J connectivity index is 1.22. The Morgan fingerprint density at radius 3 is 2.93 bits per heavy atom. The van der Waals surface area contributed by atoms with Crippen LogP contribution in [0.5, 0.6) is 0 Å². The second-order valence-corrected chi connectivity index (χ2v) is 8.58. The number of hydrogen-bond acceptors (Lipinski definition) is 5. The van der Waals surface area contributed by atoms with E-state index in [1.54, 1.807) is 0 Å². The minimum atomic E-state index is -0.0105. The Hall–Kier alpha value is -2.67. The summed E-state index contributed by atoms with van der Waals surface area (Å²) in [4.78, 5) is 22.9. The van der Waals surface area contributed by atoms with Gasteiger partial charge in [0.2, 0.25) is 0 Å². The van der Waals surface area contributed by atoms with Crippen molar-refractivity contribution in [3.63, 3.8) is 0 Å². The first-order valence-electron chi connectivity index (χ1n) is 11.2. The summed E-state index contributed by atoms with van der Waals surface area (Å²) in [6.45, 7) is 3.42. The summed E-state index contributed by atoms with van der Waals surface area (Å²) < 4.78 is 5.49. The SMILES string of the molecule is CCN(C(=O)c1nc2ccccc2[nH]1)[C@H]1CCC[C@@H](NCc2cc(C3CC3)no2)C1. The molecule has 0 spiro atoms. The molecular formula is C23H29N5O2. The number of nitrogens with zero attached hydrogens (tertiary/aromatic N) is 3. The van der Waals surface area contributed by atoms with Crippen LogP contribution in [0.25, 0.3) is 11.0 Å². The molecule has 158 valence electrons. The molecule has 2 aliphatic rings. The number of aromatic amines is 1. The van der Waals surface area contributed by atoms with Gasteiger partial charge in [0.25, 0.3) is 5.91 Å². The quantitative estimate of drug-likeness (QED) is 0.618. The smallest absolute Gasteiger partial charge is 0.289 e. The summed E-state index contributed by atoms with van der Waals surface area (Å²) in [6, 6.07) is 10.5. The van der Waals surface area contributed by atoms with Gasteiger partial charge in [0.05, 0.1) is 23.3 Å². The predicted octanol–water partition coefficient (Wildman–Crippen LogP) is 3.99. The Labute approximate surface area is 176 Å². The lowest BCUT2D eigenvalue weighted by Gasteiger charge is -2.37. The zero-order valence-electron chi connectivity index (χ0n) is 17.4. The zero-order chi connectivity index (χ0) is 20.5. The van der Waals surface area contributed by atoms with Gasteiger partial charge in [-0.15, -0.1) is 0 Å². The molecule has 0 unspecified atom stereocenters. The fourth-order valence-electron chi connectivity index (χ4n) is 4.62. The molecule has 7 heteroatoms. The third kappa shape index (κ3) is 3.99. The van der Waals surface area contributed by atoms with Crippen LogP contribution in [-0.2, 0) is 6.54 Å². The van der Waals surface area contributed by atoms with Crippen LogP contribution < -0.4 is 5.32 Å². The number of amides is 1. The lowest BCUT2D eigenvalue weighted by Crippen LogP contribution is -2.47. The molecule has 2 N–H and O–H groups in total. The molecule has 2 heterocycles. The second-order valence-electron chi connectivity index (χ2n) is 8.58. The normalized spacial score (nSPS) is 21.8. The van der Waals surface area contributed by atoms with Crippen LogP contribution in [0.4, 0.5) is 0 Å². The molecule has 7 nitrogen and oxygen atoms in total. The van der Waals surface area contributed by atoms with Crippen LogP contribution in [0.15, 0.2) is 34.9 Å². The number of imidazole rings is 1. The lowest BCUT2D eigenvalue weighted by atomic mass is 9.89. The van der Waals surface area contributed by atoms with Gasteiger partial charge in [-0.2, -0.15) is 0 Å². The van der Waals surface area contributed by atoms with Crippen LogP contribution in [0.1, 0.15) is 73.4 Å². The van der Waals surface area contributed by atoms with Crippen LogP contribution in [0, 0.1) is 0 Å². The molecule has 2 aromatic heterocycles. The van der Waals surface area contributed by atoms with E-state index < -0.39 is 0 Å². The number of benzene rings is 1. The van der Waals surface area contributed by atoms with E-state index in [4.69, 9.17) is 4.52 Å². The topological polar surface area (TPSA) is 87.0 Å². The van der Waals surface area contributed by atoms with Gasteiger partial charge >= 0.3 is 0 Å². The highest BCUT2D eigenvalue weighted by atomic mass is 16.5. The minimum Gasteiger partial charge on any atom is -0.360 e.